The van der Waals surface area contributed by atoms with Crippen LogP contribution in [0.2, 0.25) is 0 Å². The molecule has 18 heavy (non-hydrogen) atoms. The van der Waals surface area contributed by atoms with Crippen molar-refractivity contribution in [1.29, 1.82) is 0 Å². The van der Waals surface area contributed by atoms with Crippen molar-refractivity contribution in [3.8, 4) is 0 Å². The summed E-state index contributed by atoms with van der Waals surface area (Å²) in [5, 5.41) is 3.04. The molecular formula is C14H17ClFNO. The first-order valence-electron chi connectivity index (χ1n) is 6.25. The maximum atomic E-state index is 12.7. The molecule has 98 valence electrons. The number of hydrogen-bond acceptors (Lipinski definition) is 1. The normalized spacial score (nSPS) is 17.7. The van der Waals surface area contributed by atoms with Crippen molar-refractivity contribution in [3.05, 3.63) is 35.6 Å². The first-order chi connectivity index (χ1) is 8.63. The van der Waals surface area contributed by atoms with E-state index in [0.29, 0.717) is 5.88 Å². The summed E-state index contributed by atoms with van der Waals surface area (Å²) in [5.74, 6) is 0.138. The van der Waals surface area contributed by atoms with E-state index in [2.05, 4.69) is 5.32 Å². The second-order valence-electron chi connectivity index (χ2n) is 4.97. The highest BCUT2D eigenvalue weighted by molar-refractivity contribution is 6.18. The van der Waals surface area contributed by atoms with Crippen LogP contribution < -0.4 is 5.32 Å². The fourth-order valence-corrected chi connectivity index (χ4v) is 2.81. The molecule has 0 spiro atoms. The van der Waals surface area contributed by atoms with Crippen LogP contribution in [0.5, 0.6) is 0 Å². The summed E-state index contributed by atoms with van der Waals surface area (Å²) in [4.78, 5) is 12.0. The van der Waals surface area contributed by atoms with E-state index < -0.39 is 0 Å². The van der Waals surface area contributed by atoms with Crippen LogP contribution in [0.25, 0.3) is 0 Å². The van der Waals surface area contributed by atoms with Crippen molar-refractivity contribution in [1.82, 2.24) is 5.32 Å². The molecule has 1 aromatic carbocycles. The van der Waals surface area contributed by atoms with Crippen LogP contribution in [-0.4, -0.2) is 17.3 Å². The molecule has 1 aliphatic rings. The molecule has 0 unspecified atom stereocenters. The zero-order chi connectivity index (χ0) is 13.0. The van der Waals surface area contributed by atoms with Crippen molar-refractivity contribution < 1.29 is 9.18 Å². The van der Waals surface area contributed by atoms with E-state index in [1.165, 1.54) is 12.1 Å². The van der Waals surface area contributed by atoms with E-state index in [1.807, 2.05) is 0 Å². The fraction of sp³-hybridized carbons (Fsp3) is 0.500. The molecule has 1 aliphatic carbocycles. The van der Waals surface area contributed by atoms with Crippen LogP contribution in [0.4, 0.5) is 4.39 Å². The van der Waals surface area contributed by atoms with Gasteiger partial charge < -0.3 is 5.32 Å². The van der Waals surface area contributed by atoms with E-state index in [0.717, 1.165) is 31.2 Å². The molecular weight excluding hydrogens is 253 g/mol. The number of alkyl halides is 1. The predicted molar refractivity (Wildman–Crippen MR) is 70.2 cm³/mol. The summed E-state index contributed by atoms with van der Waals surface area (Å²) in [7, 11) is 0. The van der Waals surface area contributed by atoms with Crippen molar-refractivity contribution in [2.45, 2.75) is 37.6 Å². The van der Waals surface area contributed by atoms with Crippen LogP contribution in [0.15, 0.2) is 24.3 Å². The van der Waals surface area contributed by atoms with Gasteiger partial charge in [-0.25, -0.2) is 4.39 Å². The molecule has 2 rings (SSSR count). The number of carbonyl (C=O) groups is 1. The third kappa shape index (κ3) is 3.22. The van der Waals surface area contributed by atoms with E-state index in [9.17, 15) is 9.18 Å². The van der Waals surface area contributed by atoms with Crippen molar-refractivity contribution in [2.24, 2.45) is 0 Å². The molecule has 1 fully saturated rings. The summed E-state index contributed by atoms with van der Waals surface area (Å²) in [6, 6.07) is 6.01. The minimum absolute atomic E-state index is 0.0378. The number of amides is 1. The van der Waals surface area contributed by atoms with Gasteiger partial charge >= 0.3 is 0 Å². The smallest absolute Gasteiger partial charge is 0.224 e. The number of nitrogens with one attached hydrogen (secondary N) is 1. The molecule has 0 atom stereocenters. The second-order valence-corrected chi connectivity index (χ2v) is 5.24. The summed E-state index contributed by atoms with van der Waals surface area (Å²) >= 11 is 5.97. The SMILES string of the molecule is O=C(Cc1ccc(F)cc1)NC1(CCl)CCCC1. The Kier molecular flexibility index (Phi) is 4.23. The van der Waals surface area contributed by atoms with Gasteiger partial charge in [0.05, 0.1) is 12.0 Å². The maximum absolute atomic E-state index is 12.7. The Bertz CT molecular complexity index is 412. The minimum Gasteiger partial charge on any atom is -0.349 e. The molecule has 0 saturated heterocycles. The zero-order valence-electron chi connectivity index (χ0n) is 10.2. The standard InChI is InChI=1S/C14H17ClFNO/c15-10-14(7-1-2-8-14)17-13(18)9-11-3-5-12(16)6-4-11/h3-6H,1-2,7-10H2,(H,17,18). The second kappa shape index (κ2) is 5.70. The quantitative estimate of drug-likeness (QED) is 0.837. The zero-order valence-corrected chi connectivity index (χ0v) is 11.0. The largest absolute Gasteiger partial charge is 0.349 e. The average Bonchev–Trinajstić information content (AvgIpc) is 2.81. The maximum Gasteiger partial charge on any atom is 0.224 e. The Labute approximate surface area is 112 Å². The predicted octanol–water partition coefficient (Wildman–Crippen LogP) is 3.04. The molecule has 0 radical (unpaired) electrons. The molecule has 2 nitrogen and oxygen atoms in total. The minimum atomic E-state index is -0.285. The Morgan fingerprint density at radius 2 is 1.89 bits per heavy atom. The van der Waals surface area contributed by atoms with Gasteiger partial charge in [0.15, 0.2) is 0 Å². The van der Waals surface area contributed by atoms with Gasteiger partial charge in [-0.2, -0.15) is 0 Å². The lowest BCUT2D eigenvalue weighted by atomic mass is 9.99. The van der Waals surface area contributed by atoms with Gasteiger partial charge in [0.2, 0.25) is 5.91 Å². The Hall–Kier alpha value is -1.09. The summed E-state index contributed by atoms with van der Waals surface area (Å²) in [6.45, 7) is 0. The Morgan fingerprint density at radius 3 is 2.44 bits per heavy atom. The molecule has 4 heteroatoms. The van der Waals surface area contributed by atoms with Crippen LogP contribution in [0.3, 0.4) is 0 Å². The average molecular weight is 270 g/mol. The molecule has 0 heterocycles. The lowest BCUT2D eigenvalue weighted by molar-refractivity contribution is -0.122. The molecule has 1 saturated carbocycles. The van der Waals surface area contributed by atoms with E-state index >= 15 is 0 Å². The lowest BCUT2D eigenvalue weighted by Crippen LogP contribution is -2.48. The number of hydrogen-bond donors (Lipinski definition) is 1. The van der Waals surface area contributed by atoms with Crippen molar-refractivity contribution >= 4 is 17.5 Å². The number of benzene rings is 1. The summed E-state index contributed by atoms with van der Waals surface area (Å²) in [6.07, 6.45) is 4.41. The highest BCUT2D eigenvalue weighted by atomic mass is 35.5. The van der Waals surface area contributed by atoms with Gasteiger partial charge in [-0.1, -0.05) is 25.0 Å². The van der Waals surface area contributed by atoms with Gasteiger partial charge in [0.25, 0.3) is 0 Å². The first kappa shape index (κ1) is 13.3. The molecule has 1 N–H and O–H groups in total. The highest BCUT2D eigenvalue weighted by Crippen LogP contribution is 2.30. The Balaban J connectivity index is 1.94. The van der Waals surface area contributed by atoms with Crippen LogP contribution >= 0.6 is 11.6 Å². The highest BCUT2D eigenvalue weighted by Gasteiger charge is 2.34. The number of carbonyl (C=O) groups excluding carboxylic acids is 1. The third-order valence-electron chi connectivity index (χ3n) is 3.50. The molecule has 1 amide bonds. The molecule has 1 aromatic rings. The van der Waals surface area contributed by atoms with E-state index in [-0.39, 0.29) is 23.7 Å². The van der Waals surface area contributed by atoms with Gasteiger partial charge in [-0.3, -0.25) is 4.79 Å². The van der Waals surface area contributed by atoms with E-state index in [4.69, 9.17) is 11.6 Å². The molecule has 0 bridgehead atoms. The van der Waals surface area contributed by atoms with Gasteiger partial charge in [0.1, 0.15) is 5.82 Å². The Morgan fingerprint density at radius 1 is 1.28 bits per heavy atom. The lowest BCUT2D eigenvalue weighted by Gasteiger charge is -2.27. The number of halogens is 2. The van der Waals surface area contributed by atoms with Gasteiger partial charge in [-0.15, -0.1) is 11.6 Å². The van der Waals surface area contributed by atoms with Crippen molar-refractivity contribution in [2.75, 3.05) is 5.88 Å². The third-order valence-corrected chi connectivity index (χ3v) is 4.01. The molecule has 0 aliphatic heterocycles. The van der Waals surface area contributed by atoms with Gasteiger partial charge in [-0.05, 0) is 30.5 Å². The monoisotopic (exact) mass is 269 g/mol. The fourth-order valence-electron chi connectivity index (χ4n) is 2.47. The first-order valence-corrected chi connectivity index (χ1v) is 6.78. The summed E-state index contributed by atoms with van der Waals surface area (Å²) < 4.78 is 12.7. The van der Waals surface area contributed by atoms with Gasteiger partial charge in [0, 0.05) is 5.88 Å². The van der Waals surface area contributed by atoms with Crippen LogP contribution in [-0.2, 0) is 11.2 Å². The molecule has 0 aromatic heterocycles. The number of rotatable bonds is 4. The summed E-state index contributed by atoms with van der Waals surface area (Å²) in [5.41, 5.74) is 0.593. The topological polar surface area (TPSA) is 29.1 Å². The van der Waals surface area contributed by atoms with Crippen LogP contribution in [0.1, 0.15) is 31.2 Å². The van der Waals surface area contributed by atoms with Crippen LogP contribution in [0, 0.1) is 5.82 Å². The van der Waals surface area contributed by atoms with E-state index in [1.54, 1.807) is 12.1 Å². The van der Waals surface area contributed by atoms with Crippen molar-refractivity contribution in [3.63, 3.8) is 0 Å².